The number of rotatable bonds is 15. The van der Waals surface area contributed by atoms with Gasteiger partial charge in [0.2, 0.25) is 0 Å². The van der Waals surface area contributed by atoms with Crippen LogP contribution in [-0.4, -0.2) is 135 Å². The van der Waals surface area contributed by atoms with E-state index in [0.717, 1.165) is 36.8 Å². The van der Waals surface area contributed by atoms with Gasteiger partial charge in [-0.15, -0.1) is 0 Å². The normalized spacial score (nSPS) is 10.2. The van der Waals surface area contributed by atoms with Crippen LogP contribution in [0, 0.1) is 20.8 Å². The van der Waals surface area contributed by atoms with E-state index in [0.29, 0.717) is 65.0 Å². The molecule has 5 aromatic rings. The highest BCUT2D eigenvalue weighted by molar-refractivity contribution is 9.10. The number of carbonyl (C=O) groups is 3. The van der Waals surface area contributed by atoms with Crippen LogP contribution < -0.4 is 57.5 Å². The van der Waals surface area contributed by atoms with Crippen LogP contribution in [0.15, 0.2) is 66.2 Å². The van der Waals surface area contributed by atoms with E-state index in [1.807, 2.05) is 50.1 Å². The maximum absolute atomic E-state index is 12.6. The minimum Gasteiger partial charge on any atom is -0.496 e. The largest absolute Gasteiger partial charge is 0.496 e. The zero-order valence-corrected chi connectivity index (χ0v) is 51.7. The van der Waals surface area contributed by atoms with Crippen LogP contribution in [-0.2, 0) is 48.4 Å². The first-order valence-corrected chi connectivity index (χ1v) is 26.0. The summed E-state index contributed by atoms with van der Waals surface area (Å²) >= 11 is 11.3. The Kier molecular flexibility index (Phi) is 30.7. The Hall–Kier alpha value is -6.55. The lowest BCUT2D eigenvalue weighted by molar-refractivity contribution is 0.167. The van der Waals surface area contributed by atoms with Crippen LogP contribution in [0.25, 0.3) is 11.1 Å². The molecule has 0 saturated heterocycles. The van der Waals surface area contributed by atoms with E-state index < -0.39 is 24.7 Å². The molecule has 0 aliphatic carbocycles. The van der Waals surface area contributed by atoms with Crippen molar-refractivity contribution in [3.8, 4) is 34.1 Å². The Labute approximate surface area is 482 Å². The second kappa shape index (κ2) is 34.5. The van der Waals surface area contributed by atoms with Gasteiger partial charge in [-0.1, -0.05) is 0 Å². The number of nitrogen functional groups attached to an aromatic ring is 1. The highest BCUT2D eigenvalue weighted by Gasteiger charge is 2.21. The fourth-order valence-corrected chi connectivity index (χ4v) is 8.02. The molecule has 0 fully saturated rings. The van der Waals surface area contributed by atoms with Gasteiger partial charge in [-0.2, -0.15) is 0 Å². The van der Waals surface area contributed by atoms with E-state index in [2.05, 4.69) is 47.2 Å². The summed E-state index contributed by atoms with van der Waals surface area (Å²) in [5.74, 6) is 2.53. The van der Waals surface area contributed by atoms with Crippen molar-refractivity contribution in [2.24, 2.45) is 21.1 Å². The summed E-state index contributed by atoms with van der Waals surface area (Å²) in [6.45, 7) is 12.6. The Bertz CT molecular complexity index is 2990. The molecular formula is C52H74BBr2ClN8O15. The number of benzene rings is 2. The number of hydrogen-bond donors (Lipinski definition) is 5. The topological polar surface area (TPSA) is 279 Å². The summed E-state index contributed by atoms with van der Waals surface area (Å²) in [6, 6.07) is 7.02. The van der Waals surface area contributed by atoms with Crippen molar-refractivity contribution in [2.75, 3.05) is 92.8 Å². The van der Waals surface area contributed by atoms with Crippen molar-refractivity contribution >= 4 is 90.7 Å². The van der Waals surface area contributed by atoms with E-state index in [4.69, 9.17) is 45.8 Å². The molecule has 436 valence electrons. The molecule has 0 unspecified atom stereocenters. The molecule has 0 bridgehead atoms. The van der Waals surface area contributed by atoms with E-state index in [1.165, 1.54) is 13.7 Å². The van der Waals surface area contributed by atoms with Crippen molar-refractivity contribution < 1.29 is 57.6 Å². The number of nitrogens with two attached hydrogens (primary N) is 1. The zero-order valence-electron chi connectivity index (χ0n) is 47.8. The predicted molar refractivity (Wildman–Crippen MR) is 316 cm³/mol. The quantitative estimate of drug-likeness (QED) is 0.0405. The van der Waals surface area contributed by atoms with Crippen LogP contribution in [0.5, 0.6) is 23.0 Å². The number of halogens is 3. The maximum Gasteiger partial charge on any atom is 0.488 e. The van der Waals surface area contributed by atoms with Gasteiger partial charge < -0.3 is 72.4 Å². The first-order valence-electron chi connectivity index (χ1n) is 24.0. The highest BCUT2D eigenvalue weighted by Crippen LogP contribution is 2.37. The monoisotopic (exact) mass is 1250 g/mol. The van der Waals surface area contributed by atoms with Crippen molar-refractivity contribution in [3.63, 3.8) is 0 Å². The molecule has 2 aromatic carbocycles. The first kappa shape index (κ1) is 70.5. The number of nitrogens with zero attached hydrogens (tertiary/aromatic N) is 5. The van der Waals surface area contributed by atoms with E-state index in [9.17, 15) is 38.8 Å². The number of aryl methyl sites for hydroxylation is 3. The number of anilines is 3. The number of nitrogens with one attached hydrogen (secondary N) is 2. The third kappa shape index (κ3) is 21.6. The number of aromatic nitrogens is 3. The summed E-state index contributed by atoms with van der Waals surface area (Å²) in [6.07, 6.45) is 3.79. The van der Waals surface area contributed by atoms with Gasteiger partial charge in [0.05, 0.1) is 59.4 Å². The molecule has 2 amide bonds. The Morgan fingerprint density at radius 2 is 0.962 bits per heavy atom. The molecular weight excluding hydrogens is 1180 g/mol. The van der Waals surface area contributed by atoms with Crippen molar-refractivity contribution in [3.05, 3.63) is 111 Å². The number of carbonyl (C=O) groups excluding carboxylic acids is 3. The van der Waals surface area contributed by atoms with Crippen LogP contribution in [0.4, 0.5) is 31.4 Å². The van der Waals surface area contributed by atoms with E-state index >= 15 is 0 Å². The molecule has 23 nitrogen and oxygen atoms in total. The molecule has 3 aromatic heterocycles. The average molecular weight is 1260 g/mol. The number of pyridine rings is 3. The van der Waals surface area contributed by atoms with Crippen LogP contribution in [0.3, 0.4) is 0 Å². The maximum atomic E-state index is 12.6. The summed E-state index contributed by atoms with van der Waals surface area (Å²) < 4.78 is 41.4. The smallest absolute Gasteiger partial charge is 0.488 e. The summed E-state index contributed by atoms with van der Waals surface area (Å²) in [5, 5.41) is 23.3. The highest BCUT2D eigenvalue weighted by atomic mass is 79.9. The van der Waals surface area contributed by atoms with Gasteiger partial charge in [0, 0.05) is 78.9 Å². The van der Waals surface area contributed by atoms with E-state index in [-0.39, 0.29) is 41.3 Å². The minimum atomic E-state index is -1.54. The molecule has 0 spiro atoms. The van der Waals surface area contributed by atoms with Gasteiger partial charge in [0.15, 0.2) is 0 Å². The standard InChI is InChI=1S/C21H29N3O5.C11H18BNO4.C10H13BrN2O3.C7H9BrN2O.C3H5ClO2/c1-8-29-21(26)22-19-13(2)15(12-24(5)20(19)25)14-9-17(27-6)16(11-23(3)4)18(10-14)28-7;1-13(2)7-9-10(16-3)5-8(12(14)15)6-11(9)17-4;1-4-16-10(15)12-8-6(2)7(11)5-13(3)9(8)14;1-4-5(8)3-10(2)7(11)6(4)9;1-2-6-3(4)5/h9-10,12H,8,11H2,1-7H3,(H,22,26);5-6,14-15H,7H2,1-4H3;5H,4H2,1-3H3,(H,12,15);3H,9H2,1-2H3;2H2,1H3. The number of ether oxygens (including phenoxy) is 7. The van der Waals surface area contributed by atoms with Crippen LogP contribution >= 0.6 is 43.5 Å². The molecule has 5 rings (SSSR count). The summed E-state index contributed by atoms with van der Waals surface area (Å²) in [4.78, 5) is 72.2. The molecule has 79 heavy (non-hydrogen) atoms. The lowest BCUT2D eigenvalue weighted by Gasteiger charge is -2.20. The molecule has 27 heteroatoms. The lowest BCUT2D eigenvalue weighted by atomic mass is 9.79. The van der Waals surface area contributed by atoms with Crippen LogP contribution in [0.2, 0.25) is 0 Å². The second-order valence-electron chi connectivity index (χ2n) is 17.3. The number of amides is 2. The zero-order chi connectivity index (χ0) is 60.6. The van der Waals surface area contributed by atoms with Gasteiger partial charge in [0.1, 0.15) is 40.1 Å². The Balaban J connectivity index is 0.000000537. The molecule has 0 saturated carbocycles. The fourth-order valence-electron chi connectivity index (χ4n) is 6.88. The third-order valence-corrected chi connectivity index (χ3v) is 12.6. The molecule has 0 aliphatic rings. The van der Waals surface area contributed by atoms with E-state index in [1.54, 1.807) is 122 Å². The first-order chi connectivity index (χ1) is 37.0. The van der Waals surface area contributed by atoms with Gasteiger partial charge >= 0.3 is 24.7 Å². The molecule has 0 aliphatic heterocycles. The van der Waals surface area contributed by atoms with Crippen LogP contribution in [0.1, 0.15) is 48.6 Å². The minimum absolute atomic E-state index is 0.147. The van der Waals surface area contributed by atoms with Crippen molar-refractivity contribution in [1.29, 1.82) is 0 Å². The molecule has 3 heterocycles. The van der Waals surface area contributed by atoms with Gasteiger partial charge in [-0.25, -0.2) is 14.4 Å². The third-order valence-electron chi connectivity index (χ3n) is 10.9. The van der Waals surface area contributed by atoms with Gasteiger partial charge in [0.25, 0.3) is 16.7 Å². The average Bonchev–Trinajstić information content (AvgIpc) is 3.38. The lowest BCUT2D eigenvalue weighted by Crippen LogP contribution is -2.30. The summed E-state index contributed by atoms with van der Waals surface area (Å²) in [7, 11) is 17.5. The van der Waals surface area contributed by atoms with Gasteiger partial charge in [-0.3, -0.25) is 25.0 Å². The summed E-state index contributed by atoms with van der Waals surface area (Å²) in [5.41, 5.74) is 10.6. The van der Waals surface area contributed by atoms with Crippen molar-refractivity contribution in [2.45, 2.75) is 54.6 Å². The fraction of sp³-hybridized carbons (Fsp3) is 0.423. The van der Waals surface area contributed by atoms with Crippen molar-refractivity contribution in [1.82, 2.24) is 23.5 Å². The molecule has 6 N–H and O–H groups in total. The number of methoxy groups -OCH3 is 4. The Morgan fingerprint density at radius 3 is 1.30 bits per heavy atom. The van der Waals surface area contributed by atoms with Gasteiger partial charge in [-0.05, 0) is 154 Å². The number of hydrogen-bond acceptors (Lipinski definition) is 18. The second-order valence-corrected chi connectivity index (χ2v) is 19.3. The molecule has 0 atom stereocenters. The molecule has 0 radical (unpaired) electrons. The Morgan fingerprint density at radius 1 is 0.608 bits per heavy atom. The predicted octanol–water partition coefficient (Wildman–Crippen LogP) is 6.90. The SMILES string of the molecule is CCOC(=O)Cl.CCOC(=O)Nc1c(C)c(-c2cc(OC)c(CN(C)C)c(OC)c2)cn(C)c1=O.CCOC(=O)Nc1c(C)c(Br)cn(C)c1=O.COc1cc(B(O)O)cc(OC)c1CN(C)C.Cc1c(Br)cn(C)c(=O)c1N.